The Kier molecular flexibility index (Phi) is 16.2. The van der Waals surface area contributed by atoms with Crippen molar-refractivity contribution in [2.75, 3.05) is 0 Å². The Morgan fingerprint density at radius 1 is 0.463 bits per heavy atom. The molecule has 0 N–H and O–H groups in total. The lowest BCUT2D eigenvalue weighted by Crippen LogP contribution is -2.15. The van der Waals surface area contributed by atoms with E-state index >= 15 is 0 Å². The molecule has 0 saturated heterocycles. The van der Waals surface area contributed by atoms with Gasteiger partial charge in [-0.1, -0.05) is 194 Å². The Hall–Kier alpha value is -5.20. The minimum atomic E-state index is 0.0439. The molecule has 0 nitrogen and oxygen atoms in total. The Balaban J connectivity index is 0.000000275. The van der Waals surface area contributed by atoms with Crippen molar-refractivity contribution in [3.05, 3.63) is 202 Å². The van der Waals surface area contributed by atoms with E-state index in [0.29, 0.717) is 0 Å². The lowest BCUT2D eigenvalue weighted by Gasteiger charge is -2.22. The molecule has 0 spiro atoms. The van der Waals surface area contributed by atoms with Crippen LogP contribution in [0.5, 0.6) is 0 Å². The first-order valence-electron chi connectivity index (χ1n) is 19.7. The van der Waals surface area contributed by atoms with E-state index < -0.39 is 0 Å². The fourth-order valence-electron chi connectivity index (χ4n) is 7.26. The van der Waals surface area contributed by atoms with Gasteiger partial charge in [0.2, 0.25) is 0 Å². The van der Waals surface area contributed by atoms with Gasteiger partial charge in [0.05, 0.1) is 0 Å². The van der Waals surface area contributed by atoms with Crippen molar-refractivity contribution < 1.29 is 0 Å². The van der Waals surface area contributed by atoms with Gasteiger partial charge in [-0.3, -0.25) is 0 Å². The number of hydrogen-bond donors (Lipinski definition) is 0. The molecule has 0 heterocycles. The van der Waals surface area contributed by atoms with Crippen LogP contribution in [-0.4, -0.2) is 0 Å². The number of aryl methyl sites for hydroxylation is 5. The van der Waals surface area contributed by atoms with Crippen LogP contribution in [0.15, 0.2) is 147 Å². The van der Waals surface area contributed by atoms with Crippen LogP contribution in [0.1, 0.15) is 97.2 Å². The molecule has 6 aromatic rings. The van der Waals surface area contributed by atoms with Crippen LogP contribution in [0.25, 0.3) is 33.4 Å². The van der Waals surface area contributed by atoms with Gasteiger partial charge < -0.3 is 0 Å². The topological polar surface area (TPSA) is 0 Å². The summed E-state index contributed by atoms with van der Waals surface area (Å²) in [5, 5.41) is 0. The second-order valence-corrected chi connectivity index (χ2v) is 14.2. The van der Waals surface area contributed by atoms with Crippen LogP contribution in [0.4, 0.5) is 0 Å². The molecule has 0 aromatic heterocycles. The van der Waals surface area contributed by atoms with Gasteiger partial charge >= 0.3 is 0 Å². The molecule has 7 rings (SSSR count). The normalized spacial score (nSPS) is 11.3. The minimum Gasteiger partial charge on any atom is -0.0991 e. The molecule has 0 unspecified atom stereocenters. The predicted molar refractivity (Wildman–Crippen MR) is 242 cm³/mol. The third-order valence-electron chi connectivity index (χ3n) is 10.3. The van der Waals surface area contributed by atoms with E-state index in [4.69, 9.17) is 0 Å². The van der Waals surface area contributed by atoms with Gasteiger partial charge in [0.25, 0.3) is 0 Å². The van der Waals surface area contributed by atoms with Gasteiger partial charge in [-0.15, -0.1) is 0 Å². The zero-order valence-electron chi connectivity index (χ0n) is 35.3. The summed E-state index contributed by atoms with van der Waals surface area (Å²) in [7, 11) is 0. The maximum absolute atomic E-state index is 3.36. The zero-order valence-corrected chi connectivity index (χ0v) is 35.3. The maximum atomic E-state index is 3.36. The largest absolute Gasteiger partial charge is 0.0991 e. The number of rotatable bonds is 5. The first-order valence-corrected chi connectivity index (χ1v) is 19.7. The number of benzene rings is 6. The number of allylic oxidation sites excluding steroid dienone is 2. The molecule has 1 aliphatic rings. The highest BCUT2D eigenvalue weighted by molar-refractivity contribution is 5.81. The fourth-order valence-corrected chi connectivity index (χ4v) is 7.26. The number of fused-ring (bicyclic) bond motifs is 3. The van der Waals surface area contributed by atoms with Crippen LogP contribution < -0.4 is 0 Å². The Morgan fingerprint density at radius 2 is 0.944 bits per heavy atom. The Bertz CT molecular complexity index is 2150. The zero-order chi connectivity index (χ0) is 40.0. The maximum Gasteiger partial charge on any atom is 0.0159 e. The average molecular weight is 713 g/mol. The van der Waals surface area contributed by atoms with Crippen LogP contribution >= 0.6 is 0 Å². The minimum absolute atomic E-state index is 0.0439. The fraction of sp³-hybridized carbons (Fsp3) is 0.259. The SMILES string of the molecule is C=CC=C.CC.CC.Cc1ccc2c(c1)C(C)(C)c1cc(Cc3ccccc3-c3ccccc3C)ccc1-2.Cc1ccccc1-c1c(C)ccc(C)c1C. The van der Waals surface area contributed by atoms with E-state index in [1.165, 1.54) is 89.0 Å². The molecule has 0 aliphatic heterocycles. The molecule has 0 amide bonds. The first kappa shape index (κ1) is 43.2. The second kappa shape index (κ2) is 20.3. The highest BCUT2D eigenvalue weighted by Crippen LogP contribution is 2.49. The summed E-state index contributed by atoms with van der Waals surface area (Å²) in [6.07, 6.45) is 4.23. The highest BCUT2D eigenvalue weighted by Gasteiger charge is 2.35. The highest BCUT2D eigenvalue weighted by atomic mass is 14.4. The molecular weight excluding hydrogens is 649 g/mol. The molecule has 0 radical (unpaired) electrons. The van der Waals surface area contributed by atoms with E-state index in [1.54, 1.807) is 12.2 Å². The molecule has 280 valence electrons. The predicted octanol–water partition coefficient (Wildman–Crippen LogP) is 15.9. The van der Waals surface area contributed by atoms with E-state index in [2.05, 4.69) is 190 Å². The van der Waals surface area contributed by atoms with Gasteiger partial charge in [0.15, 0.2) is 0 Å². The van der Waals surface area contributed by atoms with E-state index in [9.17, 15) is 0 Å². The smallest absolute Gasteiger partial charge is 0.0159 e. The van der Waals surface area contributed by atoms with Gasteiger partial charge in [0, 0.05) is 5.41 Å². The summed E-state index contributed by atoms with van der Waals surface area (Å²) in [4.78, 5) is 0. The lowest BCUT2D eigenvalue weighted by atomic mass is 9.81. The van der Waals surface area contributed by atoms with E-state index in [1.807, 2.05) is 27.7 Å². The van der Waals surface area contributed by atoms with Gasteiger partial charge in [-0.2, -0.15) is 0 Å². The molecule has 0 bridgehead atoms. The molecule has 54 heavy (non-hydrogen) atoms. The molecular formula is C54H64. The van der Waals surface area contributed by atoms with Crippen molar-refractivity contribution in [2.45, 2.75) is 94.9 Å². The number of hydrogen-bond acceptors (Lipinski definition) is 0. The van der Waals surface area contributed by atoms with Gasteiger partial charge in [-0.05, 0) is 131 Å². The summed E-state index contributed by atoms with van der Waals surface area (Å²) in [5.41, 5.74) is 22.1. The summed E-state index contributed by atoms with van der Waals surface area (Å²) in [6.45, 7) is 32.6. The van der Waals surface area contributed by atoms with Gasteiger partial charge in [-0.25, -0.2) is 0 Å². The standard InChI is InChI=1S/C30H28.C16H18.C4H6.2C2H6/c1-20-13-15-26-27-16-14-22(19-29(27)30(3,4)28(26)17-20)18-23-10-6-8-12-25(23)24-11-7-5-9-21(24)2;1-11-9-10-13(3)16(14(11)4)15-8-6-5-7-12(15)2;1-3-4-2;2*1-2/h5-17,19H,18H2,1-4H3;5-10H,1-4H3;3-4H,1-2H2;2*1-2H3. The molecule has 0 saturated carbocycles. The molecule has 0 heteroatoms. The van der Waals surface area contributed by atoms with E-state index in [0.717, 1.165) is 6.42 Å². The van der Waals surface area contributed by atoms with Crippen molar-refractivity contribution >= 4 is 0 Å². The summed E-state index contributed by atoms with van der Waals surface area (Å²) in [5.74, 6) is 0. The van der Waals surface area contributed by atoms with Crippen LogP contribution in [0.3, 0.4) is 0 Å². The van der Waals surface area contributed by atoms with Crippen molar-refractivity contribution in [2.24, 2.45) is 0 Å². The van der Waals surface area contributed by atoms with E-state index in [-0.39, 0.29) is 5.41 Å². The summed E-state index contributed by atoms with van der Waals surface area (Å²) < 4.78 is 0. The first-order chi connectivity index (χ1) is 26.0. The average Bonchev–Trinajstić information content (AvgIpc) is 3.41. The Morgan fingerprint density at radius 3 is 1.52 bits per heavy atom. The van der Waals surface area contributed by atoms with Gasteiger partial charge in [0.1, 0.15) is 0 Å². The molecule has 6 aromatic carbocycles. The van der Waals surface area contributed by atoms with Crippen LogP contribution in [0.2, 0.25) is 0 Å². The Labute approximate surface area is 329 Å². The van der Waals surface area contributed by atoms with Crippen LogP contribution in [-0.2, 0) is 11.8 Å². The summed E-state index contributed by atoms with van der Waals surface area (Å²) >= 11 is 0. The van der Waals surface area contributed by atoms with Crippen molar-refractivity contribution in [3.8, 4) is 33.4 Å². The summed E-state index contributed by atoms with van der Waals surface area (Å²) in [6, 6.07) is 44.5. The van der Waals surface area contributed by atoms with Crippen molar-refractivity contribution in [1.82, 2.24) is 0 Å². The third-order valence-corrected chi connectivity index (χ3v) is 10.3. The van der Waals surface area contributed by atoms with Crippen molar-refractivity contribution in [1.29, 1.82) is 0 Å². The van der Waals surface area contributed by atoms with Crippen LogP contribution in [0, 0.1) is 41.5 Å². The van der Waals surface area contributed by atoms with Crippen molar-refractivity contribution in [3.63, 3.8) is 0 Å². The molecule has 1 aliphatic carbocycles. The lowest BCUT2D eigenvalue weighted by molar-refractivity contribution is 0.659. The second-order valence-electron chi connectivity index (χ2n) is 14.2. The molecule has 0 atom stereocenters. The monoisotopic (exact) mass is 713 g/mol. The quantitative estimate of drug-likeness (QED) is 0.156. The third kappa shape index (κ3) is 9.86. The molecule has 0 fully saturated rings.